The Labute approximate surface area is 108 Å². The minimum Gasteiger partial charge on any atom is -0.481 e. The SMILES string of the molecule is C/C(=C(F)\C=C/C(C)C(=O)O)c1ccc(F)cc1F. The standard InChI is InChI=1S/C14H13F3O2/c1-8(14(18)19)3-6-12(16)9(2)11-5-4-10(15)7-13(11)17/h3-8H,1-2H3,(H,18,19)/b6-3-,12-9-. The number of hydrogen-bond donors (Lipinski definition) is 1. The minimum absolute atomic E-state index is 0.0219. The highest BCUT2D eigenvalue weighted by Crippen LogP contribution is 2.23. The summed E-state index contributed by atoms with van der Waals surface area (Å²) in [6.07, 6.45) is 2.12. The third-order valence-electron chi connectivity index (χ3n) is 2.61. The van der Waals surface area contributed by atoms with Gasteiger partial charge < -0.3 is 5.11 Å². The molecule has 1 N–H and O–H groups in total. The number of carboxylic acid groups (broad SMARTS) is 1. The highest BCUT2D eigenvalue weighted by molar-refractivity contribution is 5.72. The zero-order valence-electron chi connectivity index (χ0n) is 10.5. The van der Waals surface area contributed by atoms with E-state index < -0.39 is 29.3 Å². The fourth-order valence-corrected chi connectivity index (χ4v) is 1.36. The molecule has 1 rings (SSSR count). The number of carbonyl (C=O) groups is 1. The Morgan fingerprint density at radius 3 is 2.53 bits per heavy atom. The van der Waals surface area contributed by atoms with E-state index in [0.717, 1.165) is 24.3 Å². The van der Waals surface area contributed by atoms with Crippen LogP contribution in [-0.4, -0.2) is 11.1 Å². The van der Waals surface area contributed by atoms with Gasteiger partial charge in [-0.2, -0.15) is 0 Å². The number of hydrogen-bond acceptors (Lipinski definition) is 1. The zero-order chi connectivity index (χ0) is 14.6. The van der Waals surface area contributed by atoms with Gasteiger partial charge in [-0.1, -0.05) is 6.08 Å². The number of halogens is 3. The summed E-state index contributed by atoms with van der Waals surface area (Å²) < 4.78 is 39.9. The Balaban J connectivity index is 3.05. The topological polar surface area (TPSA) is 37.3 Å². The first-order valence-electron chi connectivity index (χ1n) is 5.55. The Bertz CT molecular complexity index is 548. The van der Waals surface area contributed by atoms with Crippen molar-refractivity contribution >= 4 is 11.5 Å². The van der Waals surface area contributed by atoms with E-state index in [4.69, 9.17) is 5.11 Å². The lowest BCUT2D eigenvalue weighted by Crippen LogP contribution is -2.05. The average molecular weight is 270 g/mol. The fourth-order valence-electron chi connectivity index (χ4n) is 1.36. The monoisotopic (exact) mass is 270 g/mol. The van der Waals surface area contributed by atoms with E-state index in [9.17, 15) is 18.0 Å². The van der Waals surface area contributed by atoms with Crippen LogP contribution in [0.5, 0.6) is 0 Å². The summed E-state index contributed by atoms with van der Waals surface area (Å²) >= 11 is 0. The summed E-state index contributed by atoms with van der Waals surface area (Å²) in [7, 11) is 0. The van der Waals surface area contributed by atoms with Gasteiger partial charge in [0.2, 0.25) is 0 Å². The van der Waals surface area contributed by atoms with Crippen LogP contribution in [0.1, 0.15) is 19.4 Å². The normalized spacial score (nSPS) is 14.4. The molecule has 0 aromatic heterocycles. The summed E-state index contributed by atoms with van der Waals surface area (Å²) in [6.45, 7) is 2.72. The Hall–Kier alpha value is -2.04. The van der Waals surface area contributed by atoms with E-state index >= 15 is 0 Å². The first-order valence-corrected chi connectivity index (χ1v) is 5.55. The molecule has 1 unspecified atom stereocenters. The van der Waals surface area contributed by atoms with Crippen LogP contribution in [0.4, 0.5) is 13.2 Å². The van der Waals surface area contributed by atoms with Gasteiger partial charge in [0.1, 0.15) is 17.5 Å². The van der Waals surface area contributed by atoms with Crippen LogP contribution < -0.4 is 0 Å². The first kappa shape index (κ1) is 15.0. The Morgan fingerprint density at radius 2 is 2.00 bits per heavy atom. The molecule has 1 atom stereocenters. The molecule has 19 heavy (non-hydrogen) atoms. The smallest absolute Gasteiger partial charge is 0.310 e. The Morgan fingerprint density at radius 1 is 1.37 bits per heavy atom. The van der Waals surface area contributed by atoms with Crippen LogP contribution in [0, 0.1) is 17.6 Å². The van der Waals surface area contributed by atoms with Crippen molar-refractivity contribution in [2.24, 2.45) is 5.92 Å². The molecule has 0 heterocycles. The van der Waals surface area contributed by atoms with Crippen molar-refractivity contribution in [1.82, 2.24) is 0 Å². The van der Waals surface area contributed by atoms with Crippen LogP contribution in [0.25, 0.3) is 5.57 Å². The molecular weight excluding hydrogens is 257 g/mol. The molecule has 0 aliphatic carbocycles. The molecule has 5 heteroatoms. The summed E-state index contributed by atoms with van der Waals surface area (Å²) in [5.74, 6) is -4.32. The third kappa shape index (κ3) is 3.98. The molecular formula is C14H13F3O2. The van der Waals surface area contributed by atoms with Crippen molar-refractivity contribution in [2.45, 2.75) is 13.8 Å². The molecule has 1 aromatic rings. The van der Waals surface area contributed by atoms with Gasteiger partial charge in [0, 0.05) is 11.6 Å². The van der Waals surface area contributed by atoms with Crippen molar-refractivity contribution in [3.8, 4) is 0 Å². The van der Waals surface area contributed by atoms with Crippen molar-refractivity contribution in [1.29, 1.82) is 0 Å². The second kappa shape index (κ2) is 6.22. The average Bonchev–Trinajstić information content (AvgIpc) is 2.34. The molecule has 0 fully saturated rings. The van der Waals surface area contributed by atoms with Gasteiger partial charge in [0.25, 0.3) is 0 Å². The maximum atomic E-state index is 13.7. The van der Waals surface area contributed by atoms with Crippen molar-refractivity contribution in [3.05, 3.63) is 53.4 Å². The molecule has 0 bridgehead atoms. The number of aliphatic carboxylic acids is 1. The van der Waals surface area contributed by atoms with E-state index in [2.05, 4.69) is 0 Å². The van der Waals surface area contributed by atoms with Crippen LogP contribution >= 0.6 is 0 Å². The fraction of sp³-hybridized carbons (Fsp3) is 0.214. The molecule has 0 aliphatic heterocycles. The molecule has 102 valence electrons. The molecule has 1 aromatic carbocycles. The van der Waals surface area contributed by atoms with E-state index in [1.165, 1.54) is 13.8 Å². The molecule has 0 aliphatic rings. The second-order valence-corrected chi connectivity index (χ2v) is 4.08. The summed E-state index contributed by atoms with van der Waals surface area (Å²) in [5, 5.41) is 8.63. The van der Waals surface area contributed by atoms with Gasteiger partial charge in [-0.3, -0.25) is 4.79 Å². The van der Waals surface area contributed by atoms with Gasteiger partial charge >= 0.3 is 5.97 Å². The van der Waals surface area contributed by atoms with Crippen LogP contribution in [0.15, 0.2) is 36.2 Å². The van der Waals surface area contributed by atoms with Crippen molar-refractivity contribution in [2.75, 3.05) is 0 Å². The van der Waals surface area contributed by atoms with Crippen LogP contribution in [0.2, 0.25) is 0 Å². The van der Waals surface area contributed by atoms with E-state index in [-0.39, 0.29) is 11.1 Å². The zero-order valence-corrected chi connectivity index (χ0v) is 10.5. The maximum absolute atomic E-state index is 13.7. The Kier molecular flexibility index (Phi) is 4.92. The largest absolute Gasteiger partial charge is 0.481 e. The predicted molar refractivity (Wildman–Crippen MR) is 66.0 cm³/mol. The molecule has 0 saturated carbocycles. The van der Waals surface area contributed by atoms with Gasteiger partial charge in [-0.15, -0.1) is 0 Å². The van der Waals surface area contributed by atoms with E-state index in [0.29, 0.717) is 6.07 Å². The lowest BCUT2D eigenvalue weighted by Gasteiger charge is -2.04. The second-order valence-electron chi connectivity index (χ2n) is 4.08. The number of benzene rings is 1. The van der Waals surface area contributed by atoms with Gasteiger partial charge in [0.15, 0.2) is 0 Å². The third-order valence-corrected chi connectivity index (χ3v) is 2.61. The summed E-state index contributed by atoms with van der Waals surface area (Å²) in [4.78, 5) is 10.6. The molecule has 0 amide bonds. The number of allylic oxidation sites excluding steroid dienone is 3. The molecule has 0 spiro atoms. The van der Waals surface area contributed by atoms with Gasteiger partial charge in [0.05, 0.1) is 5.92 Å². The quantitative estimate of drug-likeness (QED) is 0.841. The lowest BCUT2D eigenvalue weighted by atomic mass is 10.0. The summed E-state index contributed by atoms with van der Waals surface area (Å²) in [6, 6.07) is 2.82. The number of rotatable bonds is 4. The van der Waals surface area contributed by atoms with Crippen molar-refractivity contribution in [3.63, 3.8) is 0 Å². The lowest BCUT2D eigenvalue weighted by molar-refractivity contribution is -0.139. The highest BCUT2D eigenvalue weighted by Gasteiger charge is 2.10. The minimum atomic E-state index is -1.09. The van der Waals surface area contributed by atoms with E-state index in [1.807, 2.05) is 0 Å². The van der Waals surface area contributed by atoms with Gasteiger partial charge in [-0.05, 0) is 37.6 Å². The van der Waals surface area contributed by atoms with Crippen LogP contribution in [-0.2, 0) is 4.79 Å². The van der Waals surface area contributed by atoms with Crippen molar-refractivity contribution < 1.29 is 23.1 Å². The molecule has 0 radical (unpaired) electrons. The predicted octanol–water partition coefficient (Wildman–Crippen LogP) is 3.94. The number of carboxylic acids is 1. The molecule has 0 saturated heterocycles. The van der Waals surface area contributed by atoms with E-state index in [1.54, 1.807) is 0 Å². The maximum Gasteiger partial charge on any atom is 0.310 e. The van der Waals surface area contributed by atoms with Crippen LogP contribution in [0.3, 0.4) is 0 Å². The first-order chi connectivity index (χ1) is 8.82. The summed E-state index contributed by atoms with van der Waals surface area (Å²) in [5.41, 5.74) is -0.0853. The van der Waals surface area contributed by atoms with Gasteiger partial charge in [-0.25, -0.2) is 13.2 Å². The molecule has 2 nitrogen and oxygen atoms in total. The highest BCUT2D eigenvalue weighted by atomic mass is 19.1.